The van der Waals surface area contributed by atoms with Gasteiger partial charge in [-0.05, 0) is 42.0 Å². The van der Waals surface area contributed by atoms with Crippen LogP contribution in [0.2, 0.25) is 0 Å². The molecule has 2 N–H and O–H groups in total. The van der Waals surface area contributed by atoms with E-state index in [1.165, 1.54) is 4.90 Å². The molecule has 2 aliphatic rings. The van der Waals surface area contributed by atoms with Crippen LogP contribution in [0.25, 0.3) is 11.1 Å². The number of fused-ring (bicyclic) bond motifs is 3. The van der Waals surface area contributed by atoms with Crippen LogP contribution in [0.1, 0.15) is 43.7 Å². The lowest BCUT2D eigenvalue weighted by Crippen LogP contribution is -2.53. The van der Waals surface area contributed by atoms with E-state index in [2.05, 4.69) is 17.4 Å². The number of ether oxygens (including phenoxy) is 2. The molecular weight excluding hydrogens is 436 g/mol. The van der Waals surface area contributed by atoms with Gasteiger partial charge < -0.3 is 24.8 Å². The van der Waals surface area contributed by atoms with Crippen LogP contribution < -0.4 is 5.32 Å². The van der Waals surface area contributed by atoms with E-state index in [1.807, 2.05) is 43.3 Å². The van der Waals surface area contributed by atoms with Crippen molar-refractivity contribution in [2.24, 2.45) is 0 Å². The normalized spacial score (nSPS) is 19.7. The van der Waals surface area contributed by atoms with Crippen molar-refractivity contribution < 1.29 is 29.0 Å². The summed E-state index contributed by atoms with van der Waals surface area (Å²) in [4.78, 5) is 38.3. The Hall–Kier alpha value is -3.39. The van der Waals surface area contributed by atoms with Crippen LogP contribution in [-0.4, -0.2) is 65.9 Å². The fourth-order valence-electron chi connectivity index (χ4n) is 4.75. The maximum Gasteiger partial charge on any atom is 0.407 e. The monoisotopic (exact) mass is 466 g/mol. The molecule has 8 nitrogen and oxygen atoms in total. The first-order chi connectivity index (χ1) is 16.4. The van der Waals surface area contributed by atoms with Crippen molar-refractivity contribution in [2.45, 2.75) is 50.8 Å². The van der Waals surface area contributed by atoms with E-state index in [1.54, 1.807) is 6.92 Å². The molecule has 2 aromatic rings. The second-order valence-electron chi connectivity index (χ2n) is 8.77. The van der Waals surface area contributed by atoms with E-state index in [9.17, 15) is 19.5 Å². The van der Waals surface area contributed by atoms with Crippen molar-refractivity contribution in [1.82, 2.24) is 10.2 Å². The highest BCUT2D eigenvalue weighted by molar-refractivity contribution is 5.86. The molecule has 1 aliphatic heterocycles. The second kappa shape index (κ2) is 10.3. The van der Waals surface area contributed by atoms with Crippen molar-refractivity contribution in [3.05, 3.63) is 59.7 Å². The molecule has 1 heterocycles. The van der Waals surface area contributed by atoms with Crippen LogP contribution >= 0.6 is 0 Å². The third kappa shape index (κ3) is 4.77. The number of aliphatic carboxylic acids is 1. The number of benzene rings is 2. The summed E-state index contributed by atoms with van der Waals surface area (Å²) in [7, 11) is 0. The van der Waals surface area contributed by atoms with Crippen LogP contribution in [0, 0.1) is 0 Å². The van der Waals surface area contributed by atoms with Crippen molar-refractivity contribution in [2.75, 3.05) is 19.8 Å². The summed E-state index contributed by atoms with van der Waals surface area (Å²) >= 11 is 0. The average Bonchev–Trinajstić information content (AvgIpc) is 3.42. The lowest BCUT2D eigenvalue weighted by atomic mass is 9.98. The van der Waals surface area contributed by atoms with Gasteiger partial charge in [-0.3, -0.25) is 9.59 Å². The van der Waals surface area contributed by atoms with E-state index < -0.39 is 36.7 Å². The minimum absolute atomic E-state index is 0.0631. The van der Waals surface area contributed by atoms with E-state index >= 15 is 0 Å². The van der Waals surface area contributed by atoms with Crippen LogP contribution in [0.3, 0.4) is 0 Å². The Balaban J connectivity index is 1.40. The molecule has 1 unspecified atom stereocenters. The number of rotatable bonds is 8. The zero-order valence-electron chi connectivity index (χ0n) is 19.4. The summed E-state index contributed by atoms with van der Waals surface area (Å²) in [6.45, 7) is 3.74. The molecule has 0 aromatic heterocycles. The molecule has 1 saturated heterocycles. The Kier molecular flexibility index (Phi) is 7.17. The Morgan fingerprint density at radius 1 is 1.12 bits per heavy atom. The first kappa shape index (κ1) is 23.8. The summed E-state index contributed by atoms with van der Waals surface area (Å²) in [5.41, 5.74) is 4.52. The van der Waals surface area contributed by atoms with Crippen molar-refractivity contribution in [1.29, 1.82) is 0 Å². The zero-order valence-corrected chi connectivity index (χ0v) is 19.4. The number of carbonyl (C=O) groups excluding carboxylic acids is 2. The van der Waals surface area contributed by atoms with E-state index in [0.29, 0.717) is 19.4 Å². The zero-order chi connectivity index (χ0) is 24.2. The smallest absolute Gasteiger partial charge is 0.407 e. The molecular formula is C26H30N2O6. The Morgan fingerprint density at radius 3 is 2.32 bits per heavy atom. The minimum atomic E-state index is -1.09. The number of carbonyl (C=O) groups is 3. The number of carboxylic acid groups (broad SMARTS) is 1. The number of nitrogens with one attached hydrogen (secondary N) is 1. The Bertz CT molecular complexity index is 1030. The van der Waals surface area contributed by atoms with E-state index in [-0.39, 0.29) is 18.6 Å². The molecule has 1 aliphatic carbocycles. The van der Waals surface area contributed by atoms with Gasteiger partial charge in [-0.1, -0.05) is 55.5 Å². The van der Waals surface area contributed by atoms with Gasteiger partial charge in [0.1, 0.15) is 13.2 Å². The number of amides is 2. The highest BCUT2D eigenvalue weighted by Gasteiger charge is 2.40. The molecule has 4 rings (SSSR count). The van der Waals surface area contributed by atoms with Crippen LogP contribution in [0.5, 0.6) is 0 Å². The summed E-state index contributed by atoms with van der Waals surface area (Å²) < 4.78 is 11.2. The summed E-state index contributed by atoms with van der Waals surface area (Å²) in [5.74, 6) is -1.59. The average molecular weight is 467 g/mol. The molecule has 8 heteroatoms. The molecule has 34 heavy (non-hydrogen) atoms. The lowest BCUT2D eigenvalue weighted by Gasteiger charge is -2.31. The fraction of sp³-hybridized carbons (Fsp3) is 0.423. The molecule has 0 bridgehead atoms. The largest absolute Gasteiger partial charge is 0.480 e. The molecule has 1 fully saturated rings. The van der Waals surface area contributed by atoms with Gasteiger partial charge >= 0.3 is 12.1 Å². The fourth-order valence-corrected chi connectivity index (χ4v) is 4.75. The molecule has 0 radical (unpaired) electrons. The van der Waals surface area contributed by atoms with Crippen LogP contribution in [0.15, 0.2) is 48.5 Å². The number of hydrogen-bond donors (Lipinski definition) is 2. The lowest BCUT2D eigenvalue weighted by molar-refractivity contribution is -0.151. The van der Waals surface area contributed by atoms with Crippen molar-refractivity contribution in [3.63, 3.8) is 0 Å². The van der Waals surface area contributed by atoms with Gasteiger partial charge in [0.05, 0.1) is 6.04 Å². The first-order valence-electron chi connectivity index (χ1n) is 11.7. The third-order valence-electron chi connectivity index (χ3n) is 6.69. The SMILES string of the molecule is CCC(C)N(CC(=O)O)C(=O)[C@@H]1OCC[C@@H]1NC(=O)OCC1c2ccccc2-c2ccccc21. The van der Waals surface area contributed by atoms with Gasteiger partial charge in [0, 0.05) is 18.6 Å². The number of carboxylic acids is 1. The minimum Gasteiger partial charge on any atom is -0.480 e. The second-order valence-corrected chi connectivity index (χ2v) is 8.77. The van der Waals surface area contributed by atoms with Crippen molar-refractivity contribution >= 4 is 18.0 Å². The van der Waals surface area contributed by atoms with Crippen LogP contribution in [0.4, 0.5) is 4.79 Å². The Labute approximate surface area is 198 Å². The standard InChI is InChI=1S/C26H30N2O6/c1-3-16(2)28(14-23(29)30)25(31)24-22(12-13-33-24)27-26(32)34-15-21-19-10-6-4-8-17(19)18-9-5-7-11-20(18)21/h4-11,16,21-22,24H,3,12-15H2,1-2H3,(H,27,32)(H,29,30)/t16?,22-,24+/m0/s1. The van der Waals surface area contributed by atoms with Gasteiger partial charge in [0.2, 0.25) is 0 Å². The number of nitrogens with zero attached hydrogens (tertiary/aromatic N) is 1. The van der Waals surface area contributed by atoms with E-state index in [0.717, 1.165) is 22.3 Å². The first-order valence-corrected chi connectivity index (χ1v) is 11.7. The molecule has 0 saturated carbocycles. The Morgan fingerprint density at radius 2 is 1.74 bits per heavy atom. The van der Waals surface area contributed by atoms with Gasteiger partial charge in [-0.2, -0.15) is 0 Å². The highest BCUT2D eigenvalue weighted by Crippen LogP contribution is 2.44. The summed E-state index contributed by atoms with van der Waals surface area (Å²) in [5, 5.41) is 12.0. The van der Waals surface area contributed by atoms with Gasteiger partial charge in [0.15, 0.2) is 6.10 Å². The van der Waals surface area contributed by atoms with Gasteiger partial charge in [0.25, 0.3) is 5.91 Å². The maximum atomic E-state index is 13.1. The van der Waals surface area contributed by atoms with Crippen LogP contribution in [-0.2, 0) is 19.1 Å². The topological polar surface area (TPSA) is 105 Å². The van der Waals surface area contributed by atoms with Gasteiger partial charge in [-0.15, -0.1) is 0 Å². The number of alkyl carbamates (subject to hydrolysis) is 1. The number of hydrogen-bond acceptors (Lipinski definition) is 5. The molecule has 2 aromatic carbocycles. The summed E-state index contributed by atoms with van der Waals surface area (Å²) in [6, 6.07) is 15.3. The van der Waals surface area contributed by atoms with E-state index in [4.69, 9.17) is 9.47 Å². The molecule has 2 amide bonds. The van der Waals surface area contributed by atoms with Crippen molar-refractivity contribution in [3.8, 4) is 11.1 Å². The third-order valence-corrected chi connectivity index (χ3v) is 6.69. The quantitative estimate of drug-likeness (QED) is 0.618. The maximum absolute atomic E-state index is 13.1. The predicted octanol–water partition coefficient (Wildman–Crippen LogP) is 3.39. The molecule has 180 valence electrons. The van der Waals surface area contributed by atoms with Gasteiger partial charge in [-0.25, -0.2) is 4.79 Å². The molecule has 0 spiro atoms. The molecule has 3 atom stereocenters. The predicted molar refractivity (Wildman–Crippen MR) is 125 cm³/mol. The highest BCUT2D eigenvalue weighted by atomic mass is 16.6. The summed E-state index contributed by atoms with van der Waals surface area (Å²) in [6.07, 6.45) is -0.504.